The molecule has 2 rings (SSSR count). The molecule has 0 bridgehead atoms. The summed E-state index contributed by atoms with van der Waals surface area (Å²) in [5.41, 5.74) is 0.374. The molecule has 0 radical (unpaired) electrons. The summed E-state index contributed by atoms with van der Waals surface area (Å²) in [6.07, 6.45) is 2.00. The molecule has 100 valence electrons. The van der Waals surface area contributed by atoms with Crippen LogP contribution in [0.2, 0.25) is 0 Å². The largest absolute Gasteiger partial charge is 0.375 e. The lowest BCUT2D eigenvalue weighted by atomic mass is 9.99. The molecule has 1 aromatic carbocycles. The zero-order valence-corrected chi connectivity index (χ0v) is 10.7. The average molecular weight is 260 g/mol. The van der Waals surface area contributed by atoms with Crippen molar-refractivity contribution in [2.45, 2.75) is 31.8 Å². The third kappa shape index (κ3) is 2.83. The number of hydrogen-bond acceptors (Lipinski definition) is 5. The predicted molar refractivity (Wildman–Crippen MR) is 71.9 cm³/mol. The molecule has 2 N–H and O–H groups in total. The molecule has 2 unspecified atom stereocenters. The maximum atomic E-state index is 11.1. The van der Waals surface area contributed by atoms with Crippen LogP contribution in [0.15, 0.2) is 18.2 Å². The van der Waals surface area contributed by atoms with Crippen LogP contribution in [0.3, 0.4) is 0 Å². The third-order valence-corrected chi connectivity index (χ3v) is 3.44. The van der Waals surface area contributed by atoms with Crippen LogP contribution in [0, 0.1) is 21.4 Å². The maximum absolute atomic E-state index is 11.1. The lowest BCUT2D eigenvalue weighted by molar-refractivity contribution is -0.384. The standard InChI is InChI=1S/C13H16N4O2/c1-9-11(6-3-7-15-9)16-12-5-2-4-10(8-14)13(12)17(18)19/h2,4-5,9,11,15-16H,3,6-7H2,1H3. The number of hydrogen-bond donors (Lipinski definition) is 2. The van der Waals surface area contributed by atoms with Gasteiger partial charge in [0, 0.05) is 12.1 Å². The number of nitro benzene ring substituents is 1. The van der Waals surface area contributed by atoms with E-state index < -0.39 is 4.92 Å². The van der Waals surface area contributed by atoms with Crippen LogP contribution in [0.5, 0.6) is 0 Å². The van der Waals surface area contributed by atoms with Gasteiger partial charge >= 0.3 is 5.69 Å². The van der Waals surface area contributed by atoms with E-state index in [4.69, 9.17) is 5.26 Å². The number of nitro groups is 1. The van der Waals surface area contributed by atoms with Crippen molar-refractivity contribution < 1.29 is 4.92 Å². The van der Waals surface area contributed by atoms with Crippen LogP contribution in [0.25, 0.3) is 0 Å². The molecule has 0 spiro atoms. The first-order valence-electron chi connectivity index (χ1n) is 6.31. The molecule has 1 saturated heterocycles. The molecular weight excluding hydrogens is 244 g/mol. The van der Waals surface area contributed by atoms with Crippen LogP contribution in [-0.2, 0) is 0 Å². The van der Waals surface area contributed by atoms with Crippen LogP contribution in [0.1, 0.15) is 25.3 Å². The van der Waals surface area contributed by atoms with Crippen molar-refractivity contribution in [2.24, 2.45) is 0 Å². The normalized spacial score (nSPS) is 22.5. The summed E-state index contributed by atoms with van der Waals surface area (Å²) >= 11 is 0. The van der Waals surface area contributed by atoms with Gasteiger partial charge in [-0.25, -0.2) is 0 Å². The highest BCUT2D eigenvalue weighted by atomic mass is 16.6. The van der Waals surface area contributed by atoms with E-state index in [1.54, 1.807) is 12.1 Å². The number of anilines is 1. The highest BCUT2D eigenvalue weighted by Crippen LogP contribution is 2.29. The van der Waals surface area contributed by atoms with E-state index in [9.17, 15) is 10.1 Å². The minimum absolute atomic E-state index is 0.0893. The van der Waals surface area contributed by atoms with Gasteiger partial charge in [-0.2, -0.15) is 5.26 Å². The summed E-state index contributed by atoms with van der Waals surface area (Å²) in [7, 11) is 0. The number of nitrogens with one attached hydrogen (secondary N) is 2. The van der Waals surface area contributed by atoms with Crippen molar-refractivity contribution in [1.29, 1.82) is 5.26 Å². The zero-order chi connectivity index (χ0) is 13.8. The fourth-order valence-corrected chi connectivity index (χ4v) is 2.39. The van der Waals surface area contributed by atoms with E-state index in [1.165, 1.54) is 6.07 Å². The summed E-state index contributed by atoms with van der Waals surface area (Å²) < 4.78 is 0. The average Bonchev–Trinajstić information content (AvgIpc) is 2.40. The van der Waals surface area contributed by atoms with Gasteiger partial charge in [0.1, 0.15) is 17.3 Å². The minimum Gasteiger partial charge on any atom is -0.375 e. The Labute approximate surface area is 111 Å². The predicted octanol–water partition coefficient (Wildman–Crippen LogP) is 2.02. The summed E-state index contributed by atoms with van der Waals surface area (Å²) in [5, 5.41) is 26.6. The second kappa shape index (κ2) is 5.67. The second-order valence-electron chi connectivity index (χ2n) is 4.71. The lowest BCUT2D eigenvalue weighted by Crippen LogP contribution is -2.46. The number of rotatable bonds is 3. The molecule has 0 aliphatic carbocycles. The van der Waals surface area contributed by atoms with Crippen molar-refractivity contribution in [3.63, 3.8) is 0 Å². The Hall–Kier alpha value is -2.13. The van der Waals surface area contributed by atoms with Crippen molar-refractivity contribution in [1.82, 2.24) is 5.32 Å². The van der Waals surface area contributed by atoms with Crippen molar-refractivity contribution in [2.75, 3.05) is 11.9 Å². The number of para-hydroxylation sites is 1. The fourth-order valence-electron chi connectivity index (χ4n) is 2.39. The minimum atomic E-state index is -0.498. The van der Waals surface area contributed by atoms with Gasteiger partial charge in [-0.15, -0.1) is 0 Å². The maximum Gasteiger partial charge on any atom is 0.309 e. The first kappa shape index (κ1) is 13.3. The lowest BCUT2D eigenvalue weighted by Gasteiger charge is -2.31. The zero-order valence-electron chi connectivity index (χ0n) is 10.7. The molecule has 0 aromatic heterocycles. The van der Waals surface area contributed by atoms with Gasteiger partial charge in [-0.3, -0.25) is 10.1 Å². The Kier molecular flexibility index (Phi) is 3.97. The Morgan fingerprint density at radius 2 is 2.37 bits per heavy atom. The third-order valence-electron chi connectivity index (χ3n) is 3.44. The smallest absolute Gasteiger partial charge is 0.309 e. The fraction of sp³-hybridized carbons (Fsp3) is 0.462. The SMILES string of the molecule is CC1NCCCC1Nc1cccc(C#N)c1[N+](=O)[O-]. The van der Waals surface area contributed by atoms with Gasteiger partial charge in [0.2, 0.25) is 0 Å². The Bertz CT molecular complexity index is 524. The van der Waals surface area contributed by atoms with Crippen molar-refractivity contribution >= 4 is 11.4 Å². The monoisotopic (exact) mass is 260 g/mol. The molecule has 0 saturated carbocycles. The van der Waals surface area contributed by atoms with E-state index in [1.807, 2.05) is 6.07 Å². The van der Waals surface area contributed by atoms with E-state index in [0.29, 0.717) is 5.69 Å². The molecule has 0 amide bonds. The number of piperidine rings is 1. The van der Waals surface area contributed by atoms with Gasteiger partial charge in [-0.1, -0.05) is 6.07 Å². The first-order chi connectivity index (χ1) is 9.13. The number of nitriles is 1. The van der Waals surface area contributed by atoms with Crippen LogP contribution in [0.4, 0.5) is 11.4 Å². The van der Waals surface area contributed by atoms with E-state index in [2.05, 4.69) is 17.6 Å². The number of nitrogens with zero attached hydrogens (tertiary/aromatic N) is 2. The van der Waals surface area contributed by atoms with E-state index >= 15 is 0 Å². The molecule has 1 heterocycles. The highest BCUT2D eigenvalue weighted by molar-refractivity contribution is 5.68. The van der Waals surface area contributed by atoms with Gasteiger partial charge < -0.3 is 10.6 Å². The highest BCUT2D eigenvalue weighted by Gasteiger charge is 2.25. The van der Waals surface area contributed by atoms with Gasteiger partial charge in [0.15, 0.2) is 0 Å². The first-order valence-corrected chi connectivity index (χ1v) is 6.31. The molecule has 6 nitrogen and oxygen atoms in total. The molecule has 2 atom stereocenters. The topological polar surface area (TPSA) is 91.0 Å². The molecule has 1 aliphatic rings. The van der Waals surface area contributed by atoms with Gasteiger partial charge in [-0.05, 0) is 38.4 Å². The quantitative estimate of drug-likeness (QED) is 0.641. The van der Waals surface area contributed by atoms with Crippen LogP contribution >= 0.6 is 0 Å². The van der Waals surface area contributed by atoms with Gasteiger partial charge in [0.25, 0.3) is 0 Å². The molecule has 19 heavy (non-hydrogen) atoms. The summed E-state index contributed by atoms with van der Waals surface area (Å²) in [4.78, 5) is 10.6. The van der Waals surface area contributed by atoms with E-state index in [0.717, 1.165) is 19.4 Å². The molecule has 1 aliphatic heterocycles. The van der Waals surface area contributed by atoms with E-state index in [-0.39, 0.29) is 23.3 Å². The Morgan fingerprint density at radius 3 is 3.00 bits per heavy atom. The molecular formula is C13H16N4O2. The molecule has 1 aromatic rings. The second-order valence-corrected chi connectivity index (χ2v) is 4.71. The molecule has 6 heteroatoms. The van der Waals surface area contributed by atoms with Crippen LogP contribution in [-0.4, -0.2) is 23.6 Å². The number of benzene rings is 1. The van der Waals surface area contributed by atoms with Crippen LogP contribution < -0.4 is 10.6 Å². The van der Waals surface area contributed by atoms with Crippen molar-refractivity contribution in [3.05, 3.63) is 33.9 Å². The Morgan fingerprint density at radius 1 is 1.58 bits per heavy atom. The summed E-state index contributed by atoms with van der Waals surface area (Å²) in [6, 6.07) is 7.04. The van der Waals surface area contributed by atoms with Crippen molar-refractivity contribution in [3.8, 4) is 6.07 Å². The van der Waals surface area contributed by atoms with Gasteiger partial charge in [0.05, 0.1) is 4.92 Å². The summed E-state index contributed by atoms with van der Waals surface area (Å²) in [5.74, 6) is 0. The summed E-state index contributed by atoms with van der Waals surface area (Å²) in [6.45, 7) is 3.02. The molecule has 1 fully saturated rings. The Balaban J connectivity index is 2.29.